The van der Waals surface area contributed by atoms with E-state index in [1.807, 2.05) is 11.8 Å². The van der Waals surface area contributed by atoms with Gasteiger partial charge in [-0.1, -0.05) is 18.2 Å². The molecule has 2 aliphatic rings. The fourth-order valence-electron chi connectivity index (χ4n) is 3.16. The number of halogens is 4. The lowest BCUT2D eigenvalue weighted by molar-refractivity contribution is -0.137. The Balaban J connectivity index is 0.00000192. The number of alkyl halides is 3. The molecule has 1 saturated heterocycles. The minimum atomic E-state index is -4.34. The lowest BCUT2D eigenvalue weighted by Gasteiger charge is -2.34. The van der Waals surface area contributed by atoms with Gasteiger partial charge in [0, 0.05) is 31.6 Å². The lowest BCUT2D eigenvalue weighted by atomic mass is 10.0. The van der Waals surface area contributed by atoms with E-state index in [4.69, 9.17) is 0 Å². The maximum atomic E-state index is 12.8. The first-order valence-corrected chi connectivity index (χ1v) is 7.56. The van der Waals surface area contributed by atoms with Gasteiger partial charge >= 0.3 is 6.18 Å². The number of nitrogens with zero attached hydrogens (tertiary/aromatic N) is 1. The summed E-state index contributed by atoms with van der Waals surface area (Å²) in [5, 5.41) is 3.23. The molecule has 1 amide bonds. The molecule has 1 aromatic rings. The van der Waals surface area contributed by atoms with E-state index in [1.165, 1.54) is 12.1 Å². The predicted molar refractivity (Wildman–Crippen MR) is 83.6 cm³/mol. The molecule has 1 N–H and O–H groups in total. The summed E-state index contributed by atoms with van der Waals surface area (Å²) < 4.78 is 38.3. The summed E-state index contributed by atoms with van der Waals surface area (Å²) in [6.45, 7) is 4.21. The standard InChI is InChI=1S/C16H19F3N2O.ClH/c1-10-9-20-5-6-21(10)15(22)14-8-13(14)11-3-2-4-12(7-11)16(17,18)19;/h2-4,7,10,13-14,20H,5-6,8-9H2,1H3;1H. The van der Waals surface area contributed by atoms with Crippen molar-refractivity contribution in [1.29, 1.82) is 0 Å². The molecular formula is C16H20ClF3N2O. The van der Waals surface area contributed by atoms with Crippen LogP contribution in [0.2, 0.25) is 0 Å². The van der Waals surface area contributed by atoms with Gasteiger partial charge in [-0.05, 0) is 30.9 Å². The number of carbonyl (C=O) groups is 1. The molecule has 0 aromatic heterocycles. The Hall–Kier alpha value is -1.27. The average molecular weight is 349 g/mol. The van der Waals surface area contributed by atoms with Gasteiger partial charge in [-0.15, -0.1) is 12.4 Å². The first-order chi connectivity index (χ1) is 10.4. The third-order valence-corrected chi connectivity index (χ3v) is 4.53. The summed E-state index contributed by atoms with van der Waals surface area (Å²) in [5.74, 6) is -0.155. The van der Waals surface area contributed by atoms with Crippen molar-refractivity contribution in [3.05, 3.63) is 35.4 Å². The highest BCUT2D eigenvalue weighted by molar-refractivity contribution is 5.85. The van der Waals surface area contributed by atoms with Gasteiger partial charge in [0.2, 0.25) is 5.91 Å². The zero-order chi connectivity index (χ0) is 15.9. The van der Waals surface area contributed by atoms with Crippen LogP contribution in [-0.2, 0) is 11.0 Å². The number of piperazine rings is 1. The molecule has 3 unspecified atom stereocenters. The van der Waals surface area contributed by atoms with Crippen LogP contribution in [0.3, 0.4) is 0 Å². The van der Waals surface area contributed by atoms with Crippen LogP contribution in [0.5, 0.6) is 0 Å². The summed E-state index contributed by atoms with van der Waals surface area (Å²) in [4.78, 5) is 14.4. The van der Waals surface area contributed by atoms with Gasteiger partial charge in [0.15, 0.2) is 0 Å². The molecule has 7 heteroatoms. The largest absolute Gasteiger partial charge is 0.416 e. The van der Waals surface area contributed by atoms with Gasteiger partial charge in [0.1, 0.15) is 0 Å². The minimum Gasteiger partial charge on any atom is -0.337 e. The SMILES string of the molecule is CC1CNCCN1C(=O)C1CC1c1cccc(C(F)(F)F)c1.Cl. The van der Waals surface area contributed by atoms with Gasteiger partial charge in [0.05, 0.1) is 5.56 Å². The molecule has 1 aliphatic heterocycles. The summed E-state index contributed by atoms with van der Waals surface area (Å²) in [6, 6.07) is 5.50. The van der Waals surface area contributed by atoms with Crippen molar-refractivity contribution in [2.24, 2.45) is 5.92 Å². The average Bonchev–Trinajstić information content (AvgIpc) is 3.27. The van der Waals surface area contributed by atoms with Crippen molar-refractivity contribution in [2.45, 2.75) is 31.5 Å². The van der Waals surface area contributed by atoms with Gasteiger partial charge < -0.3 is 10.2 Å². The molecule has 23 heavy (non-hydrogen) atoms. The number of carbonyl (C=O) groups excluding carboxylic acids is 1. The molecular weight excluding hydrogens is 329 g/mol. The maximum Gasteiger partial charge on any atom is 0.416 e. The highest BCUT2D eigenvalue weighted by atomic mass is 35.5. The van der Waals surface area contributed by atoms with Crippen LogP contribution in [0.1, 0.15) is 30.4 Å². The fourth-order valence-corrected chi connectivity index (χ4v) is 3.16. The van der Waals surface area contributed by atoms with Crippen LogP contribution >= 0.6 is 12.4 Å². The number of nitrogens with one attached hydrogen (secondary N) is 1. The molecule has 1 heterocycles. The molecule has 2 fully saturated rings. The van der Waals surface area contributed by atoms with Crippen LogP contribution in [0.15, 0.2) is 24.3 Å². The van der Waals surface area contributed by atoms with E-state index in [-0.39, 0.29) is 36.2 Å². The quantitative estimate of drug-likeness (QED) is 0.891. The van der Waals surface area contributed by atoms with Crippen LogP contribution in [0.4, 0.5) is 13.2 Å². The van der Waals surface area contributed by atoms with Crippen molar-refractivity contribution < 1.29 is 18.0 Å². The normalized spacial score (nSPS) is 27.3. The third-order valence-electron chi connectivity index (χ3n) is 4.53. The van der Waals surface area contributed by atoms with E-state index in [1.54, 1.807) is 6.07 Å². The van der Waals surface area contributed by atoms with E-state index in [0.717, 1.165) is 19.2 Å². The monoisotopic (exact) mass is 348 g/mol. The minimum absolute atomic E-state index is 0. The van der Waals surface area contributed by atoms with E-state index >= 15 is 0 Å². The molecule has 0 radical (unpaired) electrons. The van der Waals surface area contributed by atoms with Crippen molar-refractivity contribution >= 4 is 18.3 Å². The zero-order valence-electron chi connectivity index (χ0n) is 12.8. The molecule has 1 saturated carbocycles. The number of hydrogen-bond donors (Lipinski definition) is 1. The van der Waals surface area contributed by atoms with Crippen molar-refractivity contribution in [3.8, 4) is 0 Å². The predicted octanol–water partition coefficient (Wildman–Crippen LogP) is 3.05. The Morgan fingerprint density at radius 3 is 2.74 bits per heavy atom. The smallest absolute Gasteiger partial charge is 0.337 e. The molecule has 1 aromatic carbocycles. The van der Waals surface area contributed by atoms with E-state index in [2.05, 4.69) is 5.32 Å². The van der Waals surface area contributed by atoms with Crippen LogP contribution in [0, 0.1) is 5.92 Å². The van der Waals surface area contributed by atoms with Crippen molar-refractivity contribution in [3.63, 3.8) is 0 Å². The molecule has 128 valence electrons. The zero-order valence-corrected chi connectivity index (χ0v) is 13.6. The Morgan fingerprint density at radius 2 is 2.09 bits per heavy atom. The maximum absolute atomic E-state index is 12.8. The first kappa shape index (κ1) is 18.1. The summed E-state index contributed by atoms with van der Waals surface area (Å²) in [6.07, 6.45) is -3.69. The molecule has 0 spiro atoms. The third kappa shape index (κ3) is 3.80. The topological polar surface area (TPSA) is 32.3 Å². The Labute approximate surface area is 139 Å². The van der Waals surface area contributed by atoms with Crippen LogP contribution < -0.4 is 5.32 Å². The van der Waals surface area contributed by atoms with Gasteiger partial charge in [0.25, 0.3) is 0 Å². The van der Waals surface area contributed by atoms with E-state index in [9.17, 15) is 18.0 Å². The van der Waals surface area contributed by atoms with Crippen molar-refractivity contribution in [1.82, 2.24) is 10.2 Å². The lowest BCUT2D eigenvalue weighted by Crippen LogP contribution is -2.52. The Kier molecular flexibility index (Phi) is 5.26. The van der Waals surface area contributed by atoms with Crippen LogP contribution in [-0.4, -0.2) is 36.5 Å². The second-order valence-electron chi connectivity index (χ2n) is 6.16. The summed E-state index contributed by atoms with van der Waals surface area (Å²) >= 11 is 0. The van der Waals surface area contributed by atoms with Gasteiger partial charge in [-0.2, -0.15) is 13.2 Å². The summed E-state index contributed by atoms with van der Waals surface area (Å²) in [7, 11) is 0. The second kappa shape index (κ2) is 6.69. The van der Waals surface area contributed by atoms with E-state index in [0.29, 0.717) is 18.5 Å². The number of hydrogen-bond acceptors (Lipinski definition) is 2. The number of amides is 1. The van der Waals surface area contributed by atoms with Crippen LogP contribution in [0.25, 0.3) is 0 Å². The Bertz CT molecular complexity index is 579. The highest BCUT2D eigenvalue weighted by Gasteiger charge is 2.47. The van der Waals surface area contributed by atoms with Gasteiger partial charge in [-0.3, -0.25) is 4.79 Å². The molecule has 3 rings (SSSR count). The first-order valence-electron chi connectivity index (χ1n) is 7.56. The second-order valence-corrected chi connectivity index (χ2v) is 6.16. The highest BCUT2D eigenvalue weighted by Crippen LogP contribution is 2.49. The molecule has 3 nitrogen and oxygen atoms in total. The molecule has 0 bridgehead atoms. The van der Waals surface area contributed by atoms with Gasteiger partial charge in [-0.25, -0.2) is 0 Å². The fraction of sp³-hybridized carbons (Fsp3) is 0.562. The molecule has 1 aliphatic carbocycles. The number of benzene rings is 1. The van der Waals surface area contributed by atoms with E-state index < -0.39 is 11.7 Å². The Morgan fingerprint density at radius 1 is 1.35 bits per heavy atom. The molecule has 3 atom stereocenters. The summed E-state index contributed by atoms with van der Waals surface area (Å²) in [5.41, 5.74) is -0.0189. The number of rotatable bonds is 2. The van der Waals surface area contributed by atoms with Crippen molar-refractivity contribution in [2.75, 3.05) is 19.6 Å².